The molecule has 1 saturated heterocycles. The lowest BCUT2D eigenvalue weighted by molar-refractivity contribution is -0.0675. The molecule has 106 valence electrons. The SMILES string of the molecule is CC1CCCC(NCCN2C[C@@H](C)O[C@@H](C)C2)C1. The Bertz CT molecular complexity index is 237. The molecule has 2 rings (SSSR count). The zero-order chi connectivity index (χ0) is 13.0. The minimum absolute atomic E-state index is 0.392. The topological polar surface area (TPSA) is 24.5 Å². The van der Waals surface area contributed by atoms with E-state index in [2.05, 4.69) is 31.0 Å². The van der Waals surface area contributed by atoms with Crippen LogP contribution in [0.3, 0.4) is 0 Å². The van der Waals surface area contributed by atoms with Crippen LogP contribution in [-0.4, -0.2) is 49.3 Å². The van der Waals surface area contributed by atoms with Crippen molar-refractivity contribution in [3.05, 3.63) is 0 Å². The summed E-state index contributed by atoms with van der Waals surface area (Å²) < 4.78 is 5.76. The second-order valence-electron chi connectivity index (χ2n) is 6.44. The molecule has 2 fully saturated rings. The van der Waals surface area contributed by atoms with E-state index in [1.54, 1.807) is 0 Å². The quantitative estimate of drug-likeness (QED) is 0.833. The van der Waals surface area contributed by atoms with Crippen LogP contribution in [0.4, 0.5) is 0 Å². The van der Waals surface area contributed by atoms with Crippen LogP contribution in [0.25, 0.3) is 0 Å². The van der Waals surface area contributed by atoms with Crippen molar-refractivity contribution in [3.8, 4) is 0 Å². The van der Waals surface area contributed by atoms with Gasteiger partial charge in [-0.05, 0) is 32.6 Å². The van der Waals surface area contributed by atoms with Crippen LogP contribution in [0.5, 0.6) is 0 Å². The largest absolute Gasteiger partial charge is 0.373 e. The molecular formula is C15H30N2O. The average molecular weight is 254 g/mol. The lowest BCUT2D eigenvalue weighted by atomic mass is 9.87. The van der Waals surface area contributed by atoms with E-state index < -0.39 is 0 Å². The average Bonchev–Trinajstić information content (AvgIpc) is 2.27. The van der Waals surface area contributed by atoms with Gasteiger partial charge in [0.1, 0.15) is 0 Å². The van der Waals surface area contributed by atoms with E-state index in [4.69, 9.17) is 4.74 Å². The van der Waals surface area contributed by atoms with Gasteiger partial charge in [0.2, 0.25) is 0 Å². The zero-order valence-electron chi connectivity index (χ0n) is 12.3. The maximum absolute atomic E-state index is 5.76. The molecule has 1 aliphatic heterocycles. The lowest BCUT2D eigenvalue weighted by Gasteiger charge is -2.36. The van der Waals surface area contributed by atoms with Crippen molar-refractivity contribution in [1.82, 2.24) is 10.2 Å². The maximum Gasteiger partial charge on any atom is 0.0678 e. The summed E-state index contributed by atoms with van der Waals surface area (Å²) in [6.45, 7) is 11.2. The summed E-state index contributed by atoms with van der Waals surface area (Å²) in [7, 11) is 0. The van der Waals surface area contributed by atoms with Gasteiger partial charge >= 0.3 is 0 Å². The fourth-order valence-corrected chi connectivity index (χ4v) is 3.51. The predicted octanol–water partition coefficient (Wildman–Crippen LogP) is 2.26. The van der Waals surface area contributed by atoms with E-state index in [0.717, 1.165) is 31.6 Å². The molecule has 2 unspecified atom stereocenters. The van der Waals surface area contributed by atoms with Crippen molar-refractivity contribution in [1.29, 1.82) is 0 Å². The van der Waals surface area contributed by atoms with E-state index in [1.807, 2.05) is 0 Å². The number of nitrogens with zero attached hydrogens (tertiary/aromatic N) is 1. The molecule has 0 bridgehead atoms. The van der Waals surface area contributed by atoms with Gasteiger partial charge in [-0.25, -0.2) is 0 Å². The van der Waals surface area contributed by atoms with Crippen molar-refractivity contribution in [2.24, 2.45) is 5.92 Å². The first kappa shape index (κ1) is 14.3. The molecule has 0 radical (unpaired) electrons. The second-order valence-corrected chi connectivity index (χ2v) is 6.44. The predicted molar refractivity (Wildman–Crippen MR) is 75.9 cm³/mol. The Hall–Kier alpha value is -0.120. The van der Waals surface area contributed by atoms with Crippen molar-refractivity contribution in [3.63, 3.8) is 0 Å². The molecular weight excluding hydrogens is 224 g/mol. The Morgan fingerprint density at radius 1 is 1.11 bits per heavy atom. The standard InChI is InChI=1S/C15H30N2O/c1-12-5-4-6-15(9-12)16-7-8-17-10-13(2)18-14(3)11-17/h12-16H,4-11H2,1-3H3/t12?,13-,14+,15?. The molecule has 0 aromatic carbocycles. The molecule has 1 N–H and O–H groups in total. The minimum atomic E-state index is 0.392. The molecule has 1 saturated carbocycles. The van der Waals surface area contributed by atoms with Gasteiger partial charge in [-0.15, -0.1) is 0 Å². The molecule has 3 heteroatoms. The Balaban J connectivity index is 1.62. The molecule has 4 atom stereocenters. The summed E-state index contributed by atoms with van der Waals surface area (Å²) in [5, 5.41) is 3.75. The normalized spacial score (nSPS) is 38.8. The van der Waals surface area contributed by atoms with Crippen LogP contribution in [-0.2, 0) is 4.74 Å². The third-order valence-electron chi connectivity index (χ3n) is 4.29. The van der Waals surface area contributed by atoms with Crippen molar-refractivity contribution >= 4 is 0 Å². The molecule has 18 heavy (non-hydrogen) atoms. The second kappa shape index (κ2) is 6.88. The van der Waals surface area contributed by atoms with Gasteiger partial charge in [-0.2, -0.15) is 0 Å². The monoisotopic (exact) mass is 254 g/mol. The van der Waals surface area contributed by atoms with Gasteiger partial charge in [-0.1, -0.05) is 19.8 Å². The number of hydrogen-bond donors (Lipinski definition) is 1. The highest BCUT2D eigenvalue weighted by molar-refractivity contribution is 4.78. The fourth-order valence-electron chi connectivity index (χ4n) is 3.51. The highest BCUT2D eigenvalue weighted by Gasteiger charge is 2.22. The van der Waals surface area contributed by atoms with Gasteiger partial charge < -0.3 is 10.1 Å². The smallest absolute Gasteiger partial charge is 0.0678 e. The Labute approximate surface area is 112 Å². The molecule has 1 heterocycles. The van der Waals surface area contributed by atoms with Crippen LogP contribution in [0, 0.1) is 5.92 Å². The van der Waals surface area contributed by atoms with Gasteiger partial charge in [0, 0.05) is 32.2 Å². The molecule has 0 spiro atoms. The van der Waals surface area contributed by atoms with Crippen molar-refractivity contribution < 1.29 is 4.74 Å². The number of morpholine rings is 1. The van der Waals surface area contributed by atoms with Gasteiger partial charge in [0.25, 0.3) is 0 Å². The Morgan fingerprint density at radius 2 is 1.83 bits per heavy atom. The highest BCUT2D eigenvalue weighted by atomic mass is 16.5. The van der Waals surface area contributed by atoms with E-state index in [0.29, 0.717) is 12.2 Å². The third kappa shape index (κ3) is 4.52. The van der Waals surface area contributed by atoms with Crippen LogP contribution in [0.15, 0.2) is 0 Å². The summed E-state index contributed by atoms with van der Waals surface area (Å²) in [4.78, 5) is 2.54. The number of nitrogens with one attached hydrogen (secondary N) is 1. The first-order chi connectivity index (χ1) is 8.63. The number of rotatable bonds is 4. The molecule has 1 aliphatic carbocycles. The van der Waals surface area contributed by atoms with Crippen molar-refractivity contribution in [2.45, 2.75) is 64.7 Å². The number of ether oxygens (including phenoxy) is 1. The Morgan fingerprint density at radius 3 is 2.50 bits per heavy atom. The first-order valence-corrected chi connectivity index (χ1v) is 7.74. The lowest BCUT2D eigenvalue weighted by Crippen LogP contribution is -2.48. The van der Waals surface area contributed by atoms with E-state index in [1.165, 1.54) is 32.2 Å². The summed E-state index contributed by atoms with van der Waals surface area (Å²) in [5.74, 6) is 0.916. The number of hydrogen-bond acceptors (Lipinski definition) is 3. The first-order valence-electron chi connectivity index (χ1n) is 7.74. The van der Waals surface area contributed by atoms with Crippen molar-refractivity contribution in [2.75, 3.05) is 26.2 Å². The molecule has 0 aromatic heterocycles. The van der Waals surface area contributed by atoms with Crippen LogP contribution < -0.4 is 5.32 Å². The van der Waals surface area contributed by atoms with E-state index in [-0.39, 0.29) is 0 Å². The minimum Gasteiger partial charge on any atom is -0.373 e. The summed E-state index contributed by atoms with van der Waals surface area (Å²) in [6.07, 6.45) is 6.36. The Kier molecular flexibility index (Phi) is 5.46. The summed E-state index contributed by atoms with van der Waals surface area (Å²) in [5.41, 5.74) is 0. The molecule has 2 aliphatic rings. The maximum atomic E-state index is 5.76. The molecule has 3 nitrogen and oxygen atoms in total. The summed E-state index contributed by atoms with van der Waals surface area (Å²) >= 11 is 0. The van der Waals surface area contributed by atoms with Crippen LogP contribution in [0.2, 0.25) is 0 Å². The van der Waals surface area contributed by atoms with E-state index in [9.17, 15) is 0 Å². The fraction of sp³-hybridized carbons (Fsp3) is 1.00. The molecule has 0 amide bonds. The third-order valence-corrected chi connectivity index (χ3v) is 4.29. The van der Waals surface area contributed by atoms with Gasteiger partial charge in [-0.3, -0.25) is 4.90 Å². The van der Waals surface area contributed by atoms with Crippen LogP contribution in [0.1, 0.15) is 46.5 Å². The summed E-state index contributed by atoms with van der Waals surface area (Å²) in [6, 6.07) is 0.768. The van der Waals surface area contributed by atoms with Crippen LogP contribution >= 0.6 is 0 Å². The highest BCUT2D eigenvalue weighted by Crippen LogP contribution is 2.23. The van der Waals surface area contributed by atoms with Gasteiger partial charge in [0.15, 0.2) is 0 Å². The van der Waals surface area contributed by atoms with E-state index >= 15 is 0 Å². The molecule has 0 aromatic rings. The zero-order valence-corrected chi connectivity index (χ0v) is 12.3. The van der Waals surface area contributed by atoms with Gasteiger partial charge in [0.05, 0.1) is 12.2 Å².